The Bertz CT molecular complexity index is 999. The molecule has 4 atom stereocenters. The average Bonchev–Trinajstić information content (AvgIpc) is 3.16. The number of nitrogens with zero attached hydrogens (tertiary/aromatic N) is 3. The highest BCUT2D eigenvalue weighted by atomic mass is 19.4. The number of alkyl halides is 3. The molecule has 1 saturated heterocycles. The third-order valence-corrected chi connectivity index (χ3v) is 5.74. The normalized spacial score (nSPS) is 30.6. The number of halogens is 3. The van der Waals surface area contributed by atoms with E-state index in [1.807, 2.05) is 0 Å². The van der Waals surface area contributed by atoms with Gasteiger partial charge in [0, 0.05) is 12.1 Å². The van der Waals surface area contributed by atoms with Gasteiger partial charge in [0.2, 0.25) is 5.79 Å². The van der Waals surface area contributed by atoms with Crippen LogP contribution in [-0.2, 0) is 0 Å². The Balaban J connectivity index is 1.56. The molecule has 11 nitrogen and oxygen atoms in total. The van der Waals surface area contributed by atoms with Gasteiger partial charge in [-0.2, -0.15) is 13.2 Å². The Morgan fingerprint density at radius 2 is 2.09 bits per heavy atom. The highest BCUT2D eigenvalue weighted by Gasteiger charge is 2.73. The van der Waals surface area contributed by atoms with Crippen molar-refractivity contribution in [3.8, 4) is 5.75 Å². The van der Waals surface area contributed by atoms with E-state index in [2.05, 4.69) is 25.4 Å². The average molecular weight is 457 g/mol. The fourth-order valence-corrected chi connectivity index (χ4v) is 4.36. The number of rotatable bonds is 4. The molecule has 4 rings (SSSR count). The molecule has 174 valence electrons. The van der Waals surface area contributed by atoms with E-state index in [-0.39, 0.29) is 29.8 Å². The van der Waals surface area contributed by atoms with Crippen molar-refractivity contribution < 1.29 is 32.9 Å². The standard InChI is InChI=1S/C18H22F3N7O4/c1-8-12-17(27-14(22)26-12)18(30,31)11(6-28(17)15(23)24-8)25-13(29)9-3-2-4-10(5-9)32-7-16(19,20)21/h2-5,8,11-12,30-31H,6-7H2,1H3,(H2,23,24)(H,25,29)(H3,22,26,27)/t8-,11-,12-,17-/m0/s1. The summed E-state index contributed by atoms with van der Waals surface area (Å²) in [5, 5.41) is 27.5. The van der Waals surface area contributed by atoms with Gasteiger partial charge in [0.1, 0.15) is 17.8 Å². The quantitative estimate of drug-likeness (QED) is 0.294. The van der Waals surface area contributed by atoms with Crippen LogP contribution in [0.15, 0.2) is 34.3 Å². The van der Waals surface area contributed by atoms with Crippen LogP contribution in [0.5, 0.6) is 5.75 Å². The molecular weight excluding hydrogens is 435 g/mol. The van der Waals surface area contributed by atoms with Crippen LogP contribution in [0.4, 0.5) is 13.2 Å². The van der Waals surface area contributed by atoms with E-state index in [4.69, 9.17) is 11.5 Å². The predicted octanol–water partition coefficient (Wildman–Crippen LogP) is -1.58. The van der Waals surface area contributed by atoms with Crippen LogP contribution in [-0.4, -0.2) is 81.8 Å². The van der Waals surface area contributed by atoms with Gasteiger partial charge < -0.3 is 42.0 Å². The molecule has 14 heteroatoms. The zero-order valence-corrected chi connectivity index (χ0v) is 16.8. The molecule has 1 fully saturated rings. The van der Waals surface area contributed by atoms with E-state index in [1.54, 1.807) is 6.92 Å². The summed E-state index contributed by atoms with van der Waals surface area (Å²) < 4.78 is 41.8. The van der Waals surface area contributed by atoms with E-state index >= 15 is 0 Å². The molecule has 0 radical (unpaired) electrons. The van der Waals surface area contributed by atoms with Crippen LogP contribution in [0.2, 0.25) is 0 Å². The number of nitrogens with one attached hydrogen (secondary N) is 2. The Morgan fingerprint density at radius 3 is 2.78 bits per heavy atom. The maximum Gasteiger partial charge on any atom is 0.422 e. The summed E-state index contributed by atoms with van der Waals surface area (Å²) >= 11 is 0. The van der Waals surface area contributed by atoms with Crippen molar-refractivity contribution in [2.45, 2.75) is 42.7 Å². The lowest BCUT2D eigenvalue weighted by Gasteiger charge is -2.48. The van der Waals surface area contributed by atoms with Crippen LogP contribution in [0.25, 0.3) is 0 Å². The lowest BCUT2D eigenvalue weighted by atomic mass is 9.85. The largest absolute Gasteiger partial charge is 0.484 e. The van der Waals surface area contributed by atoms with Gasteiger partial charge in [0.15, 0.2) is 24.2 Å². The number of carbonyl (C=O) groups excluding carboxylic acids is 1. The Kier molecular flexibility index (Phi) is 4.89. The summed E-state index contributed by atoms with van der Waals surface area (Å²) in [6, 6.07) is 2.48. The van der Waals surface area contributed by atoms with Crippen molar-refractivity contribution in [3.63, 3.8) is 0 Å². The third-order valence-electron chi connectivity index (χ3n) is 5.74. The van der Waals surface area contributed by atoms with Gasteiger partial charge in [-0.3, -0.25) is 4.79 Å². The minimum absolute atomic E-state index is 0.0120. The van der Waals surface area contributed by atoms with E-state index in [0.717, 1.165) is 6.07 Å². The maximum atomic E-state index is 12.8. The molecule has 1 amide bonds. The van der Waals surface area contributed by atoms with Gasteiger partial charge in [-0.25, -0.2) is 9.98 Å². The predicted molar refractivity (Wildman–Crippen MR) is 105 cm³/mol. The van der Waals surface area contributed by atoms with Gasteiger partial charge in [-0.15, -0.1) is 0 Å². The van der Waals surface area contributed by atoms with Gasteiger partial charge in [-0.1, -0.05) is 6.07 Å². The number of ether oxygens (including phenoxy) is 1. The van der Waals surface area contributed by atoms with Crippen LogP contribution in [0.1, 0.15) is 17.3 Å². The summed E-state index contributed by atoms with van der Waals surface area (Å²) in [6.45, 7) is 0.0338. The molecule has 1 aromatic rings. The number of aliphatic imine (C=N–C) groups is 2. The summed E-state index contributed by atoms with van der Waals surface area (Å²) in [5.74, 6) is -3.54. The summed E-state index contributed by atoms with van der Waals surface area (Å²) in [7, 11) is 0. The molecule has 0 unspecified atom stereocenters. The first-order chi connectivity index (χ1) is 14.8. The molecule has 0 aromatic heterocycles. The minimum Gasteiger partial charge on any atom is -0.484 e. The zero-order valence-electron chi connectivity index (χ0n) is 16.8. The Morgan fingerprint density at radius 1 is 1.38 bits per heavy atom. The highest BCUT2D eigenvalue weighted by molar-refractivity contribution is 5.95. The molecule has 8 N–H and O–H groups in total. The van der Waals surface area contributed by atoms with Crippen molar-refractivity contribution in [1.82, 2.24) is 15.5 Å². The number of carbonyl (C=O) groups is 1. The first kappa shape index (κ1) is 22.0. The minimum atomic E-state index is -4.53. The monoisotopic (exact) mass is 457 g/mol. The second-order valence-electron chi connectivity index (χ2n) is 7.87. The number of amides is 1. The molecule has 3 heterocycles. The molecule has 32 heavy (non-hydrogen) atoms. The van der Waals surface area contributed by atoms with Crippen LogP contribution in [0, 0.1) is 0 Å². The maximum absolute atomic E-state index is 12.8. The van der Waals surface area contributed by atoms with Crippen LogP contribution < -0.4 is 26.8 Å². The smallest absolute Gasteiger partial charge is 0.422 e. The van der Waals surface area contributed by atoms with E-state index in [9.17, 15) is 28.2 Å². The van der Waals surface area contributed by atoms with Gasteiger partial charge in [0.25, 0.3) is 5.91 Å². The van der Waals surface area contributed by atoms with Gasteiger partial charge >= 0.3 is 6.18 Å². The number of hydrogen-bond acceptors (Lipinski definition) is 10. The van der Waals surface area contributed by atoms with Crippen molar-refractivity contribution >= 4 is 17.8 Å². The first-order valence-corrected chi connectivity index (χ1v) is 9.63. The van der Waals surface area contributed by atoms with Crippen molar-refractivity contribution in [2.24, 2.45) is 21.5 Å². The van der Waals surface area contributed by atoms with Gasteiger partial charge in [-0.05, 0) is 25.1 Å². The second kappa shape index (κ2) is 7.13. The van der Waals surface area contributed by atoms with Crippen LogP contribution >= 0.6 is 0 Å². The topological polar surface area (TPSA) is 171 Å². The van der Waals surface area contributed by atoms with E-state index in [1.165, 1.54) is 23.1 Å². The molecule has 0 aliphatic carbocycles. The fraction of sp³-hybridized carbons (Fsp3) is 0.500. The highest BCUT2D eigenvalue weighted by Crippen LogP contribution is 2.44. The number of nitrogens with two attached hydrogens (primary N) is 2. The van der Waals surface area contributed by atoms with Crippen molar-refractivity contribution in [3.05, 3.63) is 29.8 Å². The summed E-state index contributed by atoms with van der Waals surface area (Å²) in [5.41, 5.74) is 10.1. The number of aliphatic hydroxyl groups is 2. The van der Waals surface area contributed by atoms with E-state index in [0.29, 0.717) is 0 Å². The molecule has 3 aliphatic heterocycles. The second-order valence-corrected chi connectivity index (χ2v) is 7.87. The van der Waals surface area contributed by atoms with Crippen molar-refractivity contribution in [1.29, 1.82) is 0 Å². The lowest BCUT2D eigenvalue weighted by Crippen LogP contribution is -2.77. The molecular formula is C18H22F3N7O4. The number of guanidine groups is 2. The summed E-state index contributed by atoms with van der Waals surface area (Å²) in [6.07, 6.45) is -4.53. The van der Waals surface area contributed by atoms with E-state index < -0.39 is 48.3 Å². The fourth-order valence-electron chi connectivity index (χ4n) is 4.36. The lowest BCUT2D eigenvalue weighted by molar-refractivity contribution is -0.230. The Labute approximate surface area is 179 Å². The molecule has 1 aromatic carbocycles. The van der Waals surface area contributed by atoms with Crippen LogP contribution in [0.3, 0.4) is 0 Å². The molecule has 0 bridgehead atoms. The van der Waals surface area contributed by atoms with Crippen molar-refractivity contribution in [2.75, 3.05) is 13.2 Å². The summed E-state index contributed by atoms with van der Waals surface area (Å²) in [4.78, 5) is 22.6. The molecule has 3 aliphatic rings. The number of benzene rings is 1. The molecule has 0 saturated carbocycles. The third kappa shape index (κ3) is 3.35. The zero-order chi connectivity index (χ0) is 23.5. The first-order valence-electron chi connectivity index (χ1n) is 9.63. The SMILES string of the molecule is C[C@@H]1N=C(N)N2C[C@H](NC(=O)c3cccc(OCC(F)(F)F)c3)C(O)(O)[C@@]23NC(N)=N[C@@H]13. The molecule has 1 spiro atoms. The number of hydrogen-bond donors (Lipinski definition) is 6. The Hall–Kier alpha value is -3.26. The van der Waals surface area contributed by atoms with Gasteiger partial charge in [0.05, 0.1) is 6.04 Å².